The number of sulfonamides is 1. The van der Waals surface area contributed by atoms with Crippen LogP contribution < -0.4 is 4.72 Å². The quantitative estimate of drug-likeness (QED) is 0.899. The van der Waals surface area contributed by atoms with Crippen LogP contribution in [0.4, 0.5) is 5.69 Å². The van der Waals surface area contributed by atoms with Crippen LogP contribution in [0, 0.1) is 11.3 Å². The minimum Gasteiger partial charge on any atom is -0.477 e. The molecule has 0 unspecified atom stereocenters. The predicted molar refractivity (Wildman–Crippen MR) is 73.2 cm³/mol. The third-order valence-corrected chi connectivity index (χ3v) is 5.25. The van der Waals surface area contributed by atoms with Crippen LogP contribution in [-0.4, -0.2) is 19.5 Å². The van der Waals surface area contributed by atoms with Crippen LogP contribution in [0.15, 0.2) is 40.6 Å². The third kappa shape index (κ3) is 2.96. The van der Waals surface area contributed by atoms with Crippen LogP contribution >= 0.6 is 11.3 Å². The second-order valence-electron chi connectivity index (χ2n) is 3.72. The summed E-state index contributed by atoms with van der Waals surface area (Å²) >= 11 is 0.662. The van der Waals surface area contributed by atoms with Gasteiger partial charge in [0.15, 0.2) is 0 Å². The molecule has 1 aromatic carbocycles. The van der Waals surface area contributed by atoms with Gasteiger partial charge < -0.3 is 5.11 Å². The van der Waals surface area contributed by atoms with Gasteiger partial charge in [-0.3, -0.25) is 4.72 Å². The van der Waals surface area contributed by atoms with Crippen LogP contribution in [0.2, 0.25) is 0 Å². The fourth-order valence-electron chi connectivity index (χ4n) is 1.44. The number of carboxylic acids is 1. The first-order valence-corrected chi connectivity index (χ1v) is 7.58. The largest absolute Gasteiger partial charge is 0.477 e. The number of carboxylic acid groups (broad SMARTS) is 1. The summed E-state index contributed by atoms with van der Waals surface area (Å²) in [5, 5.41) is 17.5. The van der Waals surface area contributed by atoms with Crippen molar-refractivity contribution >= 4 is 33.0 Å². The molecule has 1 aromatic heterocycles. The zero-order valence-corrected chi connectivity index (χ0v) is 11.5. The van der Waals surface area contributed by atoms with Crippen LogP contribution in [0.1, 0.15) is 15.2 Å². The van der Waals surface area contributed by atoms with Gasteiger partial charge in [-0.25, -0.2) is 13.2 Å². The number of carbonyl (C=O) groups is 1. The minimum absolute atomic E-state index is 0.0591. The molecule has 0 fully saturated rings. The third-order valence-electron chi connectivity index (χ3n) is 2.30. The molecule has 0 spiro atoms. The van der Waals surface area contributed by atoms with Crippen LogP contribution in [0.25, 0.3) is 0 Å². The topological polar surface area (TPSA) is 107 Å². The Morgan fingerprint density at radius 3 is 2.65 bits per heavy atom. The summed E-state index contributed by atoms with van der Waals surface area (Å²) < 4.78 is 26.3. The van der Waals surface area contributed by atoms with Gasteiger partial charge in [-0.2, -0.15) is 5.26 Å². The fourth-order valence-corrected chi connectivity index (χ4v) is 3.63. The van der Waals surface area contributed by atoms with Gasteiger partial charge in [-0.05, 0) is 30.3 Å². The second-order valence-corrected chi connectivity index (χ2v) is 6.71. The Bertz CT molecular complexity index is 803. The number of nitrogens with one attached hydrogen (secondary N) is 1. The molecular weight excluding hydrogens is 300 g/mol. The number of hydrogen-bond acceptors (Lipinski definition) is 5. The van der Waals surface area contributed by atoms with E-state index in [1.807, 2.05) is 6.07 Å². The van der Waals surface area contributed by atoms with E-state index in [9.17, 15) is 13.2 Å². The summed E-state index contributed by atoms with van der Waals surface area (Å²) in [6.45, 7) is 0. The van der Waals surface area contributed by atoms with E-state index in [0.29, 0.717) is 16.9 Å². The van der Waals surface area contributed by atoms with Crippen LogP contribution in [0.3, 0.4) is 0 Å². The van der Waals surface area contributed by atoms with Gasteiger partial charge in [-0.15, -0.1) is 11.3 Å². The lowest BCUT2D eigenvalue weighted by Gasteiger charge is -2.05. The molecule has 102 valence electrons. The molecule has 2 N–H and O–H groups in total. The van der Waals surface area contributed by atoms with Gasteiger partial charge >= 0.3 is 5.97 Å². The van der Waals surface area contributed by atoms with Crippen molar-refractivity contribution in [2.75, 3.05) is 4.72 Å². The SMILES string of the molecule is N#Cc1cccc(NS(=O)(=O)c2ccc(C(=O)O)s2)c1. The average Bonchev–Trinajstić information content (AvgIpc) is 2.89. The average molecular weight is 308 g/mol. The summed E-state index contributed by atoms with van der Waals surface area (Å²) in [5.74, 6) is -1.18. The maximum Gasteiger partial charge on any atom is 0.345 e. The molecule has 0 saturated carbocycles. The minimum atomic E-state index is -3.86. The van der Waals surface area contributed by atoms with E-state index in [4.69, 9.17) is 10.4 Å². The number of thiophene rings is 1. The Balaban J connectivity index is 2.30. The molecule has 0 aliphatic rings. The van der Waals surface area contributed by atoms with Gasteiger partial charge in [0, 0.05) is 0 Å². The highest BCUT2D eigenvalue weighted by Crippen LogP contribution is 2.24. The predicted octanol–water partition coefficient (Wildman–Crippen LogP) is 2.12. The van der Waals surface area contributed by atoms with Crippen molar-refractivity contribution in [1.82, 2.24) is 0 Å². The molecule has 0 bridgehead atoms. The molecular formula is C12H8N2O4S2. The van der Waals surface area contributed by atoms with Crippen molar-refractivity contribution in [3.63, 3.8) is 0 Å². The first kappa shape index (κ1) is 14.0. The maximum absolute atomic E-state index is 12.1. The number of hydrogen-bond donors (Lipinski definition) is 2. The number of aromatic carboxylic acids is 1. The van der Waals surface area contributed by atoms with Crippen molar-refractivity contribution < 1.29 is 18.3 Å². The molecule has 0 atom stereocenters. The van der Waals surface area contributed by atoms with E-state index in [2.05, 4.69) is 4.72 Å². The lowest BCUT2D eigenvalue weighted by atomic mass is 10.2. The number of benzene rings is 1. The van der Waals surface area contributed by atoms with Crippen molar-refractivity contribution in [3.05, 3.63) is 46.8 Å². The van der Waals surface area contributed by atoms with Gasteiger partial charge in [-0.1, -0.05) is 6.07 Å². The normalized spacial score (nSPS) is 10.8. The maximum atomic E-state index is 12.1. The molecule has 20 heavy (non-hydrogen) atoms. The Labute approximate surface area is 119 Å². The van der Waals surface area contributed by atoms with Crippen LogP contribution in [-0.2, 0) is 10.0 Å². The highest BCUT2D eigenvalue weighted by atomic mass is 32.2. The number of anilines is 1. The molecule has 0 amide bonds. The smallest absolute Gasteiger partial charge is 0.345 e. The number of nitrogens with zero attached hydrogens (tertiary/aromatic N) is 1. The highest BCUT2D eigenvalue weighted by molar-refractivity contribution is 7.94. The van der Waals surface area contributed by atoms with E-state index >= 15 is 0 Å². The zero-order valence-electron chi connectivity index (χ0n) is 9.90. The summed E-state index contributed by atoms with van der Waals surface area (Å²) in [7, 11) is -3.86. The summed E-state index contributed by atoms with van der Waals surface area (Å²) in [6, 6.07) is 10.4. The molecule has 2 aromatic rings. The van der Waals surface area contributed by atoms with E-state index in [1.54, 1.807) is 12.1 Å². The molecule has 6 nitrogen and oxygen atoms in total. The summed E-state index contributed by atoms with van der Waals surface area (Å²) in [5.41, 5.74) is 0.567. The Kier molecular flexibility index (Phi) is 3.74. The first-order chi connectivity index (χ1) is 9.42. The Morgan fingerprint density at radius 2 is 2.05 bits per heavy atom. The lowest BCUT2D eigenvalue weighted by Crippen LogP contribution is -2.11. The number of rotatable bonds is 4. The lowest BCUT2D eigenvalue weighted by molar-refractivity contribution is 0.0702. The Morgan fingerprint density at radius 1 is 1.30 bits per heavy atom. The van der Waals surface area contributed by atoms with Gasteiger partial charge in [0.1, 0.15) is 9.09 Å². The molecule has 0 saturated heterocycles. The fraction of sp³-hybridized carbons (Fsp3) is 0. The summed E-state index contributed by atoms with van der Waals surface area (Å²) in [6.07, 6.45) is 0. The van der Waals surface area contributed by atoms with Gasteiger partial charge in [0.05, 0.1) is 17.3 Å². The van der Waals surface area contributed by atoms with Crippen molar-refractivity contribution in [2.24, 2.45) is 0 Å². The molecule has 1 heterocycles. The highest BCUT2D eigenvalue weighted by Gasteiger charge is 2.19. The molecule has 2 rings (SSSR count). The van der Waals surface area contributed by atoms with E-state index in [1.165, 1.54) is 24.3 Å². The molecule has 0 radical (unpaired) electrons. The summed E-state index contributed by atoms with van der Waals surface area (Å²) in [4.78, 5) is 10.7. The monoisotopic (exact) mass is 308 g/mol. The van der Waals surface area contributed by atoms with Gasteiger partial charge in [0.25, 0.3) is 10.0 Å². The van der Waals surface area contributed by atoms with E-state index in [-0.39, 0.29) is 14.8 Å². The van der Waals surface area contributed by atoms with Crippen molar-refractivity contribution in [1.29, 1.82) is 5.26 Å². The van der Waals surface area contributed by atoms with Crippen LogP contribution in [0.5, 0.6) is 0 Å². The molecule has 0 aliphatic heterocycles. The second kappa shape index (κ2) is 5.32. The standard InChI is InChI=1S/C12H8N2O4S2/c13-7-8-2-1-3-9(6-8)14-20(17,18)11-5-4-10(19-11)12(15)16/h1-6,14H,(H,15,16). The van der Waals surface area contributed by atoms with Crippen molar-refractivity contribution in [3.8, 4) is 6.07 Å². The van der Waals surface area contributed by atoms with Gasteiger partial charge in [0.2, 0.25) is 0 Å². The van der Waals surface area contributed by atoms with E-state index in [0.717, 1.165) is 0 Å². The number of nitriles is 1. The zero-order chi connectivity index (χ0) is 14.8. The van der Waals surface area contributed by atoms with E-state index < -0.39 is 16.0 Å². The first-order valence-electron chi connectivity index (χ1n) is 5.28. The Hall–Kier alpha value is -2.37. The molecule has 0 aliphatic carbocycles. The van der Waals surface area contributed by atoms with Crippen molar-refractivity contribution in [2.45, 2.75) is 4.21 Å². The molecule has 8 heteroatoms.